The quantitative estimate of drug-likeness (QED) is 0.508. The van der Waals surface area contributed by atoms with Gasteiger partial charge in [-0.05, 0) is 41.4 Å². The third-order valence-electron chi connectivity index (χ3n) is 3.15. The van der Waals surface area contributed by atoms with E-state index in [-0.39, 0.29) is 5.78 Å². The first kappa shape index (κ1) is 15.1. The second-order valence-corrected chi connectivity index (χ2v) is 5.44. The molecular formula is C18H14N2O2S. The molecule has 0 bridgehead atoms. The molecule has 0 spiro atoms. The van der Waals surface area contributed by atoms with Gasteiger partial charge in [-0.25, -0.2) is 0 Å². The minimum atomic E-state index is -0.0943. The van der Waals surface area contributed by atoms with Crippen LogP contribution in [-0.2, 0) is 6.61 Å². The van der Waals surface area contributed by atoms with Crippen LogP contribution >= 0.6 is 11.5 Å². The van der Waals surface area contributed by atoms with E-state index in [1.54, 1.807) is 23.6 Å². The van der Waals surface area contributed by atoms with Gasteiger partial charge < -0.3 is 4.74 Å². The van der Waals surface area contributed by atoms with Crippen LogP contribution in [0.15, 0.2) is 66.1 Å². The van der Waals surface area contributed by atoms with E-state index in [4.69, 9.17) is 4.74 Å². The summed E-state index contributed by atoms with van der Waals surface area (Å²) in [7, 11) is 0. The second kappa shape index (κ2) is 7.47. The highest BCUT2D eigenvalue weighted by Gasteiger charge is 2.04. The molecule has 0 aliphatic heterocycles. The van der Waals surface area contributed by atoms with Crippen LogP contribution < -0.4 is 4.74 Å². The molecule has 23 heavy (non-hydrogen) atoms. The predicted octanol–water partition coefficient (Wildman–Crippen LogP) is 4.01. The first-order valence-electron chi connectivity index (χ1n) is 7.07. The third kappa shape index (κ3) is 4.34. The fraction of sp³-hybridized carbons (Fsp3) is 0.0556. The fourth-order valence-corrected chi connectivity index (χ4v) is 2.40. The summed E-state index contributed by atoms with van der Waals surface area (Å²) in [6, 6.07) is 17.1. The van der Waals surface area contributed by atoms with E-state index in [0.717, 1.165) is 5.56 Å². The van der Waals surface area contributed by atoms with Crippen molar-refractivity contribution in [2.24, 2.45) is 0 Å². The Balaban J connectivity index is 1.66. The van der Waals surface area contributed by atoms with E-state index in [2.05, 4.69) is 9.59 Å². The predicted molar refractivity (Wildman–Crippen MR) is 90.5 cm³/mol. The average Bonchev–Trinajstić information content (AvgIpc) is 3.12. The Morgan fingerprint density at radius 1 is 1.13 bits per heavy atom. The van der Waals surface area contributed by atoms with Gasteiger partial charge in [-0.1, -0.05) is 47.0 Å². The lowest BCUT2D eigenvalue weighted by atomic mass is 10.1. The minimum Gasteiger partial charge on any atom is -0.489 e. The Kier molecular flexibility index (Phi) is 4.91. The second-order valence-electron chi connectivity index (χ2n) is 4.83. The molecule has 0 aliphatic carbocycles. The molecule has 1 heterocycles. The van der Waals surface area contributed by atoms with Crippen molar-refractivity contribution in [3.8, 4) is 5.75 Å². The van der Waals surface area contributed by atoms with E-state index in [1.165, 1.54) is 17.6 Å². The summed E-state index contributed by atoms with van der Waals surface area (Å²) in [6.07, 6.45) is 3.15. The van der Waals surface area contributed by atoms with Gasteiger partial charge in [0.25, 0.3) is 0 Å². The van der Waals surface area contributed by atoms with Crippen LogP contribution in [0.5, 0.6) is 5.75 Å². The number of nitrogens with zero attached hydrogens (tertiary/aromatic N) is 2. The van der Waals surface area contributed by atoms with Gasteiger partial charge in [-0.15, -0.1) is 5.10 Å². The minimum absolute atomic E-state index is 0.0943. The van der Waals surface area contributed by atoms with E-state index >= 15 is 0 Å². The van der Waals surface area contributed by atoms with E-state index < -0.39 is 0 Å². The number of ketones is 1. The number of allylic oxidation sites excluding steroid dienone is 1. The number of carbonyl (C=O) groups is 1. The molecule has 0 fully saturated rings. The molecule has 0 N–H and O–H groups in total. The molecule has 3 rings (SSSR count). The number of benzene rings is 2. The first-order valence-corrected chi connectivity index (χ1v) is 7.91. The fourth-order valence-electron chi connectivity index (χ4n) is 1.98. The number of rotatable bonds is 6. The summed E-state index contributed by atoms with van der Waals surface area (Å²) in [5, 5.41) is 5.65. The van der Waals surface area contributed by atoms with Gasteiger partial charge in [-0.2, -0.15) is 0 Å². The monoisotopic (exact) mass is 322 g/mol. The van der Waals surface area contributed by atoms with Crippen molar-refractivity contribution in [2.75, 3.05) is 0 Å². The van der Waals surface area contributed by atoms with Gasteiger partial charge in [0.05, 0.1) is 5.69 Å². The van der Waals surface area contributed by atoms with Crippen molar-refractivity contribution in [3.05, 3.63) is 82.9 Å². The van der Waals surface area contributed by atoms with Crippen LogP contribution in [0.3, 0.4) is 0 Å². The van der Waals surface area contributed by atoms with Crippen molar-refractivity contribution in [1.29, 1.82) is 0 Å². The lowest BCUT2D eigenvalue weighted by Crippen LogP contribution is -1.98. The molecule has 0 aliphatic rings. The van der Waals surface area contributed by atoms with Crippen LogP contribution in [0.1, 0.15) is 21.6 Å². The van der Waals surface area contributed by atoms with Crippen LogP contribution in [0.25, 0.3) is 6.08 Å². The SMILES string of the molecule is O=C(/C=C/c1csnn1)c1cccc(OCc2ccccc2)c1. The van der Waals surface area contributed by atoms with Crippen molar-refractivity contribution in [2.45, 2.75) is 6.61 Å². The van der Waals surface area contributed by atoms with Crippen molar-refractivity contribution < 1.29 is 9.53 Å². The summed E-state index contributed by atoms with van der Waals surface area (Å²) in [5.41, 5.74) is 2.34. The zero-order valence-electron chi connectivity index (χ0n) is 12.3. The van der Waals surface area contributed by atoms with Gasteiger partial charge in [0.1, 0.15) is 12.4 Å². The van der Waals surface area contributed by atoms with Gasteiger partial charge in [0, 0.05) is 10.9 Å². The Morgan fingerprint density at radius 2 is 2.00 bits per heavy atom. The number of aromatic nitrogens is 2. The lowest BCUT2D eigenvalue weighted by Gasteiger charge is -2.07. The Morgan fingerprint density at radius 3 is 2.78 bits per heavy atom. The summed E-state index contributed by atoms with van der Waals surface area (Å²) in [4.78, 5) is 12.2. The molecule has 2 aromatic carbocycles. The van der Waals surface area contributed by atoms with Crippen LogP contribution in [0.2, 0.25) is 0 Å². The standard InChI is InChI=1S/C18H14N2O2S/c21-18(10-9-16-13-23-20-19-16)15-7-4-8-17(11-15)22-12-14-5-2-1-3-6-14/h1-11,13H,12H2/b10-9+. The van der Waals surface area contributed by atoms with E-state index in [0.29, 0.717) is 23.6 Å². The molecule has 0 atom stereocenters. The Labute approximate surface area is 138 Å². The van der Waals surface area contributed by atoms with E-state index in [1.807, 2.05) is 42.5 Å². The highest BCUT2D eigenvalue weighted by molar-refractivity contribution is 7.03. The lowest BCUT2D eigenvalue weighted by molar-refractivity contribution is 0.104. The maximum atomic E-state index is 12.2. The number of hydrogen-bond donors (Lipinski definition) is 0. The van der Waals surface area contributed by atoms with Crippen LogP contribution in [0.4, 0.5) is 0 Å². The molecule has 0 unspecified atom stereocenters. The molecule has 0 saturated heterocycles. The highest BCUT2D eigenvalue weighted by Crippen LogP contribution is 2.16. The summed E-state index contributed by atoms with van der Waals surface area (Å²) < 4.78 is 9.49. The molecule has 0 radical (unpaired) electrons. The molecular weight excluding hydrogens is 308 g/mol. The van der Waals surface area contributed by atoms with Gasteiger partial charge in [-0.3, -0.25) is 4.79 Å². The van der Waals surface area contributed by atoms with Crippen molar-refractivity contribution in [3.63, 3.8) is 0 Å². The summed E-state index contributed by atoms with van der Waals surface area (Å²) in [6.45, 7) is 0.471. The van der Waals surface area contributed by atoms with E-state index in [9.17, 15) is 4.79 Å². The number of hydrogen-bond acceptors (Lipinski definition) is 5. The molecule has 1 aromatic heterocycles. The number of carbonyl (C=O) groups excluding carboxylic acids is 1. The third-order valence-corrected chi connectivity index (χ3v) is 3.67. The zero-order valence-corrected chi connectivity index (χ0v) is 13.1. The first-order chi connectivity index (χ1) is 11.3. The van der Waals surface area contributed by atoms with Gasteiger partial charge in [0.2, 0.25) is 0 Å². The molecule has 0 amide bonds. The summed E-state index contributed by atoms with van der Waals surface area (Å²) in [5.74, 6) is 0.576. The smallest absolute Gasteiger partial charge is 0.186 e. The molecule has 3 aromatic rings. The normalized spacial score (nSPS) is 10.8. The molecule has 114 valence electrons. The maximum Gasteiger partial charge on any atom is 0.186 e. The largest absolute Gasteiger partial charge is 0.489 e. The van der Waals surface area contributed by atoms with Crippen LogP contribution in [0, 0.1) is 0 Å². The summed E-state index contributed by atoms with van der Waals surface area (Å²) >= 11 is 1.25. The van der Waals surface area contributed by atoms with Crippen molar-refractivity contribution >= 4 is 23.4 Å². The van der Waals surface area contributed by atoms with Gasteiger partial charge in [0.15, 0.2) is 5.78 Å². The zero-order chi connectivity index (χ0) is 15.9. The Bertz CT molecular complexity index is 799. The highest BCUT2D eigenvalue weighted by atomic mass is 32.1. The molecule has 0 saturated carbocycles. The van der Waals surface area contributed by atoms with Crippen molar-refractivity contribution in [1.82, 2.24) is 9.59 Å². The number of ether oxygens (including phenoxy) is 1. The average molecular weight is 322 g/mol. The topological polar surface area (TPSA) is 52.1 Å². The Hall–Kier alpha value is -2.79. The molecule has 5 heteroatoms. The maximum absolute atomic E-state index is 12.2. The van der Waals surface area contributed by atoms with Crippen LogP contribution in [-0.4, -0.2) is 15.4 Å². The van der Waals surface area contributed by atoms with Gasteiger partial charge >= 0.3 is 0 Å². The molecule has 4 nitrogen and oxygen atoms in total.